The Balaban J connectivity index is 1.45. The fraction of sp³-hybridized carbons (Fsp3) is 0.704. The fourth-order valence-electron chi connectivity index (χ4n) is 4.80. The number of aliphatic hydroxyl groups excluding tert-OH is 1. The van der Waals surface area contributed by atoms with E-state index in [2.05, 4.69) is 54.1 Å². The Bertz CT molecular complexity index is 1320. The molecule has 4 rings (SSSR count). The summed E-state index contributed by atoms with van der Waals surface area (Å²) in [6.07, 6.45) is 2.20. The number of aromatic amines is 2. The zero-order valence-corrected chi connectivity index (χ0v) is 25.9. The molecule has 4 heterocycles. The summed E-state index contributed by atoms with van der Waals surface area (Å²) in [4.78, 5) is 48.0. The molecule has 3 unspecified atom stereocenters. The molecule has 2 aromatic rings. The number of ketones is 1. The van der Waals surface area contributed by atoms with E-state index in [1.807, 2.05) is 0 Å². The van der Waals surface area contributed by atoms with Gasteiger partial charge in [-0.2, -0.15) is 0 Å². The summed E-state index contributed by atoms with van der Waals surface area (Å²) in [6, 6.07) is -0.0910. The maximum absolute atomic E-state index is 13.2. The van der Waals surface area contributed by atoms with Crippen molar-refractivity contribution >= 4 is 14.1 Å². The highest BCUT2D eigenvalue weighted by atomic mass is 28.4. The molecule has 14 heteroatoms. The standard InChI is InChI=1S/C27H43N5O8Si/c1-26(2,3)41(6,7)37-14-17(10-16-11-28-15-30-16)29-9-8-19(34)18-12-32(25(36)31-23(18)35)24-22-21(20(13-33)38-24)39-27(4,5)40-22/h11-12,15,17,20-22,24,29,33H,8-10,13-14H2,1-7H3,(H,28,30)(H,31,35,36)/t17-,20+,21?,22?,24?/m0/s1. The second kappa shape index (κ2) is 12.0. The number of nitrogens with one attached hydrogen (secondary N) is 3. The van der Waals surface area contributed by atoms with Crippen LogP contribution in [-0.2, 0) is 25.1 Å². The first-order valence-corrected chi connectivity index (χ1v) is 16.9. The number of H-pyrrole nitrogens is 2. The summed E-state index contributed by atoms with van der Waals surface area (Å²) < 4.78 is 25.2. The summed E-state index contributed by atoms with van der Waals surface area (Å²) in [5.41, 5.74) is -0.750. The lowest BCUT2D eigenvalue weighted by Crippen LogP contribution is -2.46. The number of aliphatic hydroxyl groups is 1. The van der Waals surface area contributed by atoms with E-state index >= 15 is 0 Å². The van der Waals surface area contributed by atoms with E-state index in [0.29, 0.717) is 19.6 Å². The highest BCUT2D eigenvalue weighted by molar-refractivity contribution is 6.74. The number of fused-ring (bicyclic) bond motifs is 1. The number of carbonyl (C=O) groups excluding carboxylic acids is 1. The molecule has 41 heavy (non-hydrogen) atoms. The van der Waals surface area contributed by atoms with Crippen LogP contribution in [0, 0.1) is 0 Å². The predicted octanol–water partition coefficient (Wildman–Crippen LogP) is 1.47. The highest BCUT2D eigenvalue weighted by Crippen LogP contribution is 2.42. The molecular weight excluding hydrogens is 550 g/mol. The number of hydrogen-bond donors (Lipinski definition) is 4. The zero-order chi connectivity index (χ0) is 30.2. The van der Waals surface area contributed by atoms with Crippen molar-refractivity contribution in [3.8, 4) is 0 Å². The lowest BCUT2D eigenvalue weighted by Gasteiger charge is -2.37. The van der Waals surface area contributed by atoms with Crippen LogP contribution in [0.25, 0.3) is 0 Å². The van der Waals surface area contributed by atoms with Gasteiger partial charge in [0.05, 0.1) is 18.5 Å². The fourth-order valence-corrected chi connectivity index (χ4v) is 5.86. The first kappa shape index (κ1) is 31.5. The molecular formula is C27H43N5O8Si. The van der Waals surface area contributed by atoms with Gasteiger partial charge in [-0.05, 0) is 32.0 Å². The smallest absolute Gasteiger partial charge is 0.330 e. The summed E-state index contributed by atoms with van der Waals surface area (Å²) >= 11 is 0. The minimum absolute atomic E-state index is 0.0182. The summed E-state index contributed by atoms with van der Waals surface area (Å²) in [5.74, 6) is -1.38. The Morgan fingerprint density at radius 3 is 2.61 bits per heavy atom. The number of Topliss-reactive ketones (excluding diaryl/α,β-unsaturated/α-hetero) is 1. The molecule has 0 bridgehead atoms. The summed E-state index contributed by atoms with van der Waals surface area (Å²) in [6.45, 7) is 14.8. The SMILES string of the molecule is CC1(C)OC2C(O1)[C@@H](CO)OC2n1cc(C(=O)CCN[C@H](CO[Si](C)(C)C(C)(C)C)Cc2cnc[nH]2)c(=O)[nH]c1=O. The number of aromatic nitrogens is 4. The van der Waals surface area contributed by atoms with Gasteiger partial charge in [-0.25, -0.2) is 9.78 Å². The molecule has 0 aliphatic carbocycles. The van der Waals surface area contributed by atoms with Crippen molar-refractivity contribution in [1.82, 2.24) is 24.8 Å². The molecule has 13 nitrogen and oxygen atoms in total. The van der Waals surface area contributed by atoms with Crippen molar-refractivity contribution < 1.29 is 28.5 Å². The Kier molecular flexibility index (Phi) is 9.24. The van der Waals surface area contributed by atoms with E-state index < -0.39 is 55.7 Å². The molecule has 0 amide bonds. The Morgan fingerprint density at radius 1 is 1.27 bits per heavy atom. The molecule has 0 radical (unpaired) electrons. The minimum Gasteiger partial charge on any atom is -0.415 e. The molecule has 2 aliphatic heterocycles. The average Bonchev–Trinajstić information content (AvgIpc) is 3.57. The van der Waals surface area contributed by atoms with Gasteiger partial charge in [0.15, 0.2) is 26.1 Å². The maximum Gasteiger partial charge on any atom is 0.330 e. The molecule has 228 valence electrons. The van der Waals surface area contributed by atoms with Crippen LogP contribution in [0.15, 0.2) is 28.3 Å². The Hall–Kier alpha value is -2.46. The van der Waals surface area contributed by atoms with Crippen LogP contribution in [0.4, 0.5) is 0 Å². The summed E-state index contributed by atoms with van der Waals surface area (Å²) in [7, 11) is -2.00. The van der Waals surface area contributed by atoms with E-state index in [-0.39, 0.29) is 29.7 Å². The number of carbonyl (C=O) groups is 1. The second-order valence-corrected chi connectivity index (χ2v) is 17.5. The van der Waals surface area contributed by atoms with Crippen LogP contribution in [0.2, 0.25) is 18.1 Å². The monoisotopic (exact) mass is 593 g/mol. The van der Waals surface area contributed by atoms with Gasteiger partial charge in [-0.15, -0.1) is 0 Å². The Morgan fingerprint density at radius 2 is 1.98 bits per heavy atom. The highest BCUT2D eigenvalue weighted by Gasteiger charge is 2.56. The third kappa shape index (κ3) is 7.13. The lowest BCUT2D eigenvalue weighted by atomic mass is 10.1. The predicted molar refractivity (Wildman–Crippen MR) is 152 cm³/mol. The maximum atomic E-state index is 13.2. The van der Waals surface area contributed by atoms with Crippen LogP contribution >= 0.6 is 0 Å². The van der Waals surface area contributed by atoms with Gasteiger partial charge in [-0.3, -0.25) is 19.1 Å². The quantitative estimate of drug-likeness (QED) is 0.209. The van der Waals surface area contributed by atoms with E-state index in [4.69, 9.17) is 18.6 Å². The first-order chi connectivity index (χ1) is 19.1. The Labute approximate surface area is 240 Å². The van der Waals surface area contributed by atoms with Crippen LogP contribution in [0.1, 0.15) is 63.3 Å². The molecule has 5 atom stereocenters. The van der Waals surface area contributed by atoms with Crippen LogP contribution in [-0.4, -0.2) is 88.6 Å². The van der Waals surface area contributed by atoms with E-state index in [9.17, 15) is 19.5 Å². The molecule has 2 aliphatic rings. The van der Waals surface area contributed by atoms with Crippen molar-refractivity contribution in [3.63, 3.8) is 0 Å². The van der Waals surface area contributed by atoms with Crippen LogP contribution < -0.4 is 16.6 Å². The number of nitrogens with zero attached hydrogens (tertiary/aromatic N) is 2. The van der Waals surface area contributed by atoms with Crippen LogP contribution in [0.5, 0.6) is 0 Å². The van der Waals surface area contributed by atoms with Crippen molar-refractivity contribution in [2.45, 2.75) is 102 Å². The largest absolute Gasteiger partial charge is 0.415 e. The molecule has 0 saturated carbocycles. The van der Waals surface area contributed by atoms with Gasteiger partial charge >= 0.3 is 5.69 Å². The molecule has 2 fully saturated rings. The van der Waals surface area contributed by atoms with Crippen LogP contribution in [0.3, 0.4) is 0 Å². The summed E-state index contributed by atoms with van der Waals surface area (Å²) in [5, 5.41) is 13.2. The van der Waals surface area contributed by atoms with E-state index in [0.717, 1.165) is 10.3 Å². The van der Waals surface area contributed by atoms with Crippen molar-refractivity contribution in [1.29, 1.82) is 0 Å². The van der Waals surface area contributed by atoms with E-state index in [1.54, 1.807) is 26.4 Å². The minimum atomic E-state index is -2.00. The van der Waals surface area contributed by atoms with Gasteiger partial charge in [-0.1, -0.05) is 20.8 Å². The molecule has 0 spiro atoms. The number of imidazole rings is 1. The number of hydrogen-bond acceptors (Lipinski definition) is 10. The lowest BCUT2D eigenvalue weighted by molar-refractivity contribution is -0.200. The van der Waals surface area contributed by atoms with Gasteiger partial charge in [0.2, 0.25) is 0 Å². The first-order valence-electron chi connectivity index (χ1n) is 14.0. The second-order valence-electron chi connectivity index (χ2n) is 12.7. The topological polar surface area (TPSA) is 170 Å². The van der Waals surface area contributed by atoms with Gasteiger partial charge < -0.3 is 34.0 Å². The van der Waals surface area contributed by atoms with Crippen molar-refractivity contribution in [3.05, 3.63) is 50.8 Å². The molecule has 2 aromatic heterocycles. The number of rotatable bonds is 12. The van der Waals surface area contributed by atoms with Crippen molar-refractivity contribution in [2.24, 2.45) is 0 Å². The third-order valence-corrected chi connectivity index (χ3v) is 12.6. The van der Waals surface area contributed by atoms with Gasteiger partial charge in [0.25, 0.3) is 5.56 Å². The molecule has 4 N–H and O–H groups in total. The zero-order valence-electron chi connectivity index (χ0n) is 24.9. The molecule has 2 saturated heterocycles. The average molecular weight is 594 g/mol. The number of ether oxygens (including phenoxy) is 3. The third-order valence-electron chi connectivity index (χ3n) is 8.11. The van der Waals surface area contributed by atoms with Crippen molar-refractivity contribution in [2.75, 3.05) is 19.8 Å². The molecule has 0 aromatic carbocycles. The normalized spacial score (nSPS) is 24.9. The van der Waals surface area contributed by atoms with E-state index in [1.165, 1.54) is 6.20 Å². The van der Waals surface area contributed by atoms with Gasteiger partial charge in [0, 0.05) is 50.1 Å². The van der Waals surface area contributed by atoms with Gasteiger partial charge in [0.1, 0.15) is 18.3 Å².